The molecule has 0 saturated heterocycles. The molecule has 0 aliphatic carbocycles. The monoisotopic (exact) mass is 268 g/mol. The standard InChI is InChI=1S/C11H10BrFN2/c1-8-6-14-15(7-8)11-3-2-10(13)4-9(11)5-12/h2-4,6-7H,5H2,1H3. The highest BCUT2D eigenvalue weighted by atomic mass is 79.9. The average Bonchev–Trinajstić information content (AvgIpc) is 2.64. The van der Waals surface area contributed by atoms with Crippen molar-refractivity contribution in [3.05, 3.63) is 47.5 Å². The molecule has 2 rings (SSSR count). The molecule has 2 aromatic rings. The molecular weight excluding hydrogens is 259 g/mol. The number of benzene rings is 1. The van der Waals surface area contributed by atoms with Crippen molar-refractivity contribution in [1.82, 2.24) is 9.78 Å². The molecule has 0 fully saturated rings. The third-order valence-electron chi connectivity index (χ3n) is 2.14. The molecule has 0 unspecified atom stereocenters. The maximum atomic E-state index is 13.0. The van der Waals surface area contributed by atoms with Crippen molar-refractivity contribution >= 4 is 15.9 Å². The lowest BCUT2D eigenvalue weighted by molar-refractivity contribution is 0.625. The zero-order valence-corrected chi connectivity index (χ0v) is 9.83. The molecule has 0 N–H and O–H groups in total. The predicted molar refractivity (Wildman–Crippen MR) is 60.9 cm³/mol. The second kappa shape index (κ2) is 4.14. The number of nitrogens with zero attached hydrogens (tertiary/aromatic N) is 2. The van der Waals surface area contributed by atoms with Crippen LogP contribution in [0, 0.1) is 12.7 Å². The molecule has 1 heterocycles. The SMILES string of the molecule is Cc1cnn(-c2ccc(F)cc2CBr)c1. The minimum absolute atomic E-state index is 0.225. The summed E-state index contributed by atoms with van der Waals surface area (Å²) in [5.74, 6) is -0.225. The molecule has 0 aliphatic rings. The molecule has 0 atom stereocenters. The first-order valence-corrected chi connectivity index (χ1v) is 5.69. The summed E-state index contributed by atoms with van der Waals surface area (Å²) in [5.41, 5.74) is 2.87. The Morgan fingerprint density at radius 1 is 1.47 bits per heavy atom. The normalized spacial score (nSPS) is 10.6. The molecular formula is C11H10BrFN2. The van der Waals surface area contributed by atoms with E-state index in [1.165, 1.54) is 12.1 Å². The Morgan fingerprint density at radius 2 is 2.27 bits per heavy atom. The van der Waals surface area contributed by atoms with Crippen molar-refractivity contribution < 1.29 is 4.39 Å². The van der Waals surface area contributed by atoms with Crippen molar-refractivity contribution in [2.24, 2.45) is 0 Å². The summed E-state index contributed by atoms with van der Waals surface area (Å²) in [6, 6.07) is 4.69. The van der Waals surface area contributed by atoms with Gasteiger partial charge in [-0.2, -0.15) is 5.10 Å². The minimum Gasteiger partial charge on any atom is -0.240 e. The maximum absolute atomic E-state index is 13.0. The van der Waals surface area contributed by atoms with E-state index in [0.717, 1.165) is 16.8 Å². The van der Waals surface area contributed by atoms with Crippen LogP contribution in [0.4, 0.5) is 4.39 Å². The van der Waals surface area contributed by atoms with E-state index in [4.69, 9.17) is 0 Å². The number of rotatable bonds is 2. The first kappa shape index (κ1) is 10.4. The van der Waals surface area contributed by atoms with Crippen molar-refractivity contribution in [2.75, 3.05) is 0 Å². The third kappa shape index (κ3) is 2.09. The molecule has 15 heavy (non-hydrogen) atoms. The number of alkyl halides is 1. The number of aryl methyl sites for hydroxylation is 1. The highest BCUT2D eigenvalue weighted by Gasteiger charge is 2.05. The summed E-state index contributed by atoms with van der Waals surface area (Å²) in [7, 11) is 0. The highest BCUT2D eigenvalue weighted by molar-refractivity contribution is 9.08. The molecule has 0 radical (unpaired) electrons. The van der Waals surface area contributed by atoms with Gasteiger partial charge in [-0.15, -0.1) is 0 Å². The Hall–Kier alpha value is -1.16. The highest BCUT2D eigenvalue weighted by Crippen LogP contribution is 2.18. The first-order valence-electron chi connectivity index (χ1n) is 4.57. The van der Waals surface area contributed by atoms with Crippen LogP contribution in [0.1, 0.15) is 11.1 Å². The van der Waals surface area contributed by atoms with Crippen LogP contribution in [0.25, 0.3) is 5.69 Å². The van der Waals surface area contributed by atoms with E-state index in [9.17, 15) is 4.39 Å². The van der Waals surface area contributed by atoms with Crippen LogP contribution in [-0.2, 0) is 5.33 Å². The van der Waals surface area contributed by atoms with Gasteiger partial charge in [-0.1, -0.05) is 15.9 Å². The summed E-state index contributed by atoms with van der Waals surface area (Å²) < 4.78 is 14.8. The predicted octanol–water partition coefficient (Wildman–Crippen LogP) is 3.21. The lowest BCUT2D eigenvalue weighted by Crippen LogP contribution is -1.99. The van der Waals surface area contributed by atoms with Crippen molar-refractivity contribution in [2.45, 2.75) is 12.3 Å². The summed E-state index contributed by atoms with van der Waals surface area (Å²) >= 11 is 3.34. The summed E-state index contributed by atoms with van der Waals surface area (Å²) in [6.07, 6.45) is 3.70. The first-order chi connectivity index (χ1) is 7.20. The lowest BCUT2D eigenvalue weighted by Gasteiger charge is -2.06. The minimum atomic E-state index is -0.225. The molecule has 78 valence electrons. The van der Waals surface area contributed by atoms with Crippen molar-refractivity contribution in [1.29, 1.82) is 0 Å². The Kier molecular flexibility index (Phi) is 2.86. The van der Waals surface area contributed by atoms with E-state index in [1.54, 1.807) is 16.9 Å². The Bertz CT molecular complexity index is 479. The van der Waals surface area contributed by atoms with Gasteiger partial charge in [0, 0.05) is 11.5 Å². The largest absolute Gasteiger partial charge is 0.240 e. The molecule has 0 spiro atoms. The van der Waals surface area contributed by atoms with E-state index in [1.807, 2.05) is 13.1 Å². The van der Waals surface area contributed by atoms with Gasteiger partial charge in [0.2, 0.25) is 0 Å². The van der Waals surface area contributed by atoms with Crippen LogP contribution >= 0.6 is 15.9 Å². The fourth-order valence-electron chi connectivity index (χ4n) is 1.43. The quantitative estimate of drug-likeness (QED) is 0.765. The zero-order chi connectivity index (χ0) is 10.8. The van der Waals surface area contributed by atoms with E-state index in [-0.39, 0.29) is 5.82 Å². The molecule has 2 nitrogen and oxygen atoms in total. The average molecular weight is 269 g/mol. The Labute approximate surface area is 95.9 Å². The van der Waals surface area contributed by atoms with E-state index >= 15 is 0 Å². The fourth-order valence-corrected chi connectivity index (χ4v) is 1.88. The second-order valence-corrected chi connectivity index (χ2v) is 3.93. The van der Waals surface area contributed by atoms with Gasteiger partial charge in [-0.25, -0.2) is 9.07 Å². The number of hydrogen-bond acceptors (Lipinski definition) is 1. The van der Waals surface area contributed by atoms with Crippen molar-refractivity contribution in [3.8, 4) is 5.69 Å². The second-order valence-electron chi connectivity index (χ2n) is 3.37. The number of aromatic nitrogens is 2. The van der Waals surface area contributed by atoms with Gasteiger partial charge in [-0.3, -0.25) is 0 Å². The molecule has 1 aromatic carbocycles. The van der Waals surface area contributed by atoms with Crippen molar-refractivity contribution in [3.63, 3.8) is 0 Å². The Morgan fingerprint density at radius 3 is 2.87 bits per heavy atom. The van der Waals surface area contributed by atoms with Gasteiger partial charge in [0.25, 0.3) is 0 Å². The van der Waals surface area contributed by atoms with Crippen LogP contribution in [0.5, 0.6) is 0 Å². The lowest BCUT2D eigenvalue weighted by atomic mass is 10.2. The molecule has 0 saturated carbocycles. The molecule has 0 aliphatic heterocycles. The summed E-state index contributed by atoms with van der Waals surface area (Å²) in [5, 5.41) is 4.81. The molecule has 0 amide bonds. The van der Waals surface area contributed by atoms with Crippen LogP contribution in [0.2, 0.25) is 0 Å². The molecule has 0 bridgehead atoms. The number of halogens is 2. The summed E-state index contributed by atoms with van der Waals surface area (Å²) in [6.45, 7) is 1.97. The van der Waals surface area contributed by atoms with Gasteiger partial charge in [0.1, 0.15) is 5.82 Å². The van der Waals surface area contributed by atoms with Crippen LogP contribution < -0.4 is 0 Å². The number of hydrogen-bond donors (Lipinski definition) is 0. The van der Waals surface area contributed by atoms with E-state index < -0.39 is 0 Å². The fraction of sp³-hybridized carbons (Fsp3) is 0.182. The van der Waals surface area contributed by atoms with Crippen LogP contribution in [-0.4, -0.2) is 9.78 Å². The zero-order valence-electron chi connectivity index (χ0n) is 8.24. The van der Waals surface area contributed by atoms with Gasteiger partial charge < -0.3 is 0 Å². The van der Waals surface area contributed by atoms with E-state index in [0.29, 0.717) is 5.33 Å². The molecule has 4 heteroatoms. The van der Waals surface area contributed by atoms with Gasteiger partial charge in [0.15, 0.2) is 0 Å². The Balaban J connectivity index is 2.52. The smallest absolute Gasteiger partial charge is 0.123 e. The van der Waals surface area contributed by atoms with Gasteiger partial charge in [-0.05, 0) is 36.2 Å². The summed E-state index contributed by atoms with van der Waals surface area (Å²) in [4.78, 5) is 0. The third-order valence-corrected chi connectivity index (χ3v) is 2.75. The van der Waals surface area contributed by atoms with E-state index in [2.05, 4.69) is 21.0 Å². The maximum Gasteiger partial charge on any atom is 0.123 e. The van der Waals surface area contributed by atoms with Crippen LogP contribution in [0.3, 0.4) is 0 Å². The topological polar surface area (TPSA) is 17.8 Å². The molecule has 1 aromatic heterocycles. The van der Waals surface area contributed by atoms with Gasteiger partial charge >= 0.3 is 0 Å². The van der Waals surface area contributed by atoms with Gasteiger partial charge in [0.05, 0.1) is 11.9 Å². The van der Waals surface area contributed by atoms with Crippen LogP contribution in [0.15, 0.2) is 30.6 Å².